The molecule has 0 aliphatic rings. The van der Waals surface area contributed by atoms with Crippen LogP contribution in [0.1, 0.15) is 19.3 Å². The Labute approximate surface area is 78.5 Å². The van der Waals surface area contributed by atoms with E-state index >= 15 is 0 Å². The predicted octanol–water partition coefficient (Wildman–Crippen LogP) is 0.595. The minimum absolute atomic E-state index is 0.195. The molecule has 3 N–H and O–H groups in total. The van der Waals surface area contributed by atoms with Crippen LogP contribution in [0.5, 0.6) is 0 Å². The van der Waals surface area contributed by atoms with Crippen LogP contribution in [0.4, 0.5) is 0 Å². The molecule has 0 aliphatic heterocycles. The SMILES string of the molecule is CSCCNCCCCC(N)=O. The van der Waals surface area contributed by atoms with E-state index in [-0.39, 0.29) is 5.91 Å². The van der Waals surface area contributed by atoms with Crippen molar-refractivity contribution >= 4 is 17.7 Å². The lowest BCUT2D eigenvalue weighted by Crippen LogP contribution is -2.19. The zero-order valence-electron chi connectivity index (χ0n) is 7.64. The number of carbonyl (C=O) groups excluding carboxylic acids is 1. The summed E-state index contributed by atoms with van der Waals surface area (Å²) in [4.78, 5) is 10.3. The van der Waals surface area contributed by atoms with Gasteiger partial charge in [0.25, 0.3) is 0 Å². The molecule has 0 aromatic rings. The van der Waals surface area contributed by atoms with Gasteiger partial charge in [-0.3, -0.25) is 4.79 Å². The standard InChI is InChI=1S/C8H18N2OS/c1-12-7-6-10-5-3-2-4-8(9)11/h10H,2-7H2,1H3,(H2,9,11). The Balaban J connectivity index is 2.86. The van der Waals surface area contributed by atoms with Crippen molar-refractivity contribution in [2.75, 3.05) is 25.1 Å². The van der Waals surface area contributed by atoms with Crippen molar-refractivity contribution in [2.45, 2.75) is 19.3 Å². The molecule has 0 spiro atoms. The number of carbonyl (C=O) groups is 1. The van der Waals surface area contributed by atoms with Gasteiger partial charge in [-0.25, -0.2) is 0 Å². The van der Waals surface area contributed by atoms with Gasteiger partial charge >= 0.3 is 0 Å². The molecule has 0 aromatic heterocycles. The number of hydrogen-bond acceptors (Lipinski definition) is 3. The Morgan fingerprint density at radius 2 is 2.17 bits per heavy atom. The molecule has 4 heteroatoms. The van der Waals surface area contributed by atoms with Gasteiger partial charge in [-0.15, -0.1) is 0 Å². The second kappa shape index (κ2) is 8.87. The van der Waals surface area contributed by atoms with Gasteiger partial charge in [-0.2, -0.15) is 11.8 Å². The van der Waals surface area contributed by atoms with Gasteiger partial charge in [-0.1, -0.05) is 0 Å². The van der Waals surface area contributed by atoms with E-state index in [0.29, 0.717) is 6.42 Å². The van der Waals surface area contributed by atoms with E-state index in [4.69, 9.17) is 5.73 Å². The molecule has 0 fully saturated rings. The molecule has 72 valence electrons. The van der Waals surface area contributed by atoms with Crippen molar-refractivity contribution in [2.24, 2.45) is 5.73 Å². The highest BCUT2D eigenvalue weighted by atomic mass is 32.2. The van der Waals surface area contributed by atoms with Crippen molar-refractivity contribution in [1.29, 1.82) is 0 Å². The fourth-order valence-corrected chi connectivity index (χ4v) is 1.20. The Bertz CT molecular complexity index is 120. The summed E-state index contributed by atoms with van der Waals surface area (Å²) < 4.78 is 0. The Hall–Kier alpha value is -0.220. The van der Waals surface area contributed by atoms with Gasteiger partial charge in [0.15, 0.2) is 0 Å². The largest absolute Gasteiger partial charge is 0.370 e. The van der Waals surface area contributed by atoms with Gasteiger partial charge < -0.3 is 11.1 Å². The summed E-state index contributed by atoms with van der Waals surface area (Å²) in [5, 5.41) is 3.29. The lowest BCUT2D eigenvalue weighted by atomic mass is 10.2. The van der Waals surface area contributed by atoms with Crippen LogP contribution in [-0.4, -0.2) is 31.0 Å². The van der Waals surface area contributed by atoms with Crippen LogP contribution in [0.2, 0.25) is 0 Å². The second-order valence-corrected chi connectivity index (χ2v) is 3.65. The van der Waals surface area contributed by atoms with Crippen molar-refractivity contribution in [3.63, 3.8) is 0 Å². The number of unbranched alkanes of at least 4 members (excludes halogenated alkanes) is 1. The first-order chi connectivity index (χ1) is 5.77. The van der Waals surface area contributed by atoms with E-state index < -0.39 is 0 Å². The second-order valence-electron chi connectivity index (χ2n) is 2.67. The summed E-state index contributed by atoms with van der Waals surface area (Å²) in [6.45, 7) is 2.05. The highest BCUT2D eigenvalue weighted by Crippen LogP contribution is 1.92. The van der Waals surface area contributed by atoms with Crippen LogP contribution in [0.15, 0.2) is 0 Å². The van der Waals surface area contributed by atoms with Crippen molar-refractivity contribution in [3.8, 4) is 0 Å². The van der Waals surface area contributed by atoms with Gasteiger partial charge in [-0.05, 0) is 25.6 Å². The Kier molecular flexibility index (Phi) is 8.71. The summed E-state index contributed by atoms with van der Waals surface area (Å²) in [5.74, 6) is 0.953. The summed E-state index contributed by atoms with van der Waals surface area (Å²) in [7, 11) is 0. The lowest BCUT2D eigenvalue weighted by Gasteiger charge is -2.01. The molecule has 0 rings (SSSR count). The molecule has 3 nitrogen and oxygen atoms in total. The molecule has 0 saturated heterocycles. The number of primary amides is 1. The van der Waals surface area contributed by atoms with E-state index in [9.17, 15) is 4.79 Å². The Morgan fingerprint density at radius 3 is 2.75 bits per heavy atom. The van der Waals surface area contributed by atoms with Gasteiger partial charge in [0.1, 0.15) is 0 Å². The summed E-state index contributed by atoms with van der Waals surface area (Å²) in [6.07, 6.45) is 4.55. The molecule has 0 atom stereocenters. The van der Waals surface area contributed by atoms with Gasteiger partial charge in [0.2, 0.25) is 5.91 Å². The highest BCUT2D eigenvalue weighted by Gasteiger charge is 1.93. The fraction of sp³-hybridized carbons (Fsp3) is 0.875. The van der Waals surface area contributed by atoms with Gasteiger partial charge in [0.05, 0.1) is 0 Å². The summed E-state index contributed by atoms with van der Waals surface area (Å²) in [5.41, 5.74) is 4.99. The molecule has 0 bridgehead atoms. The molecule has 0 aromatic carbocycles. The number of rotatable bonds is 8. The molecular formula is C8H18N2OS. The molecular weight excluding hydrogens is 172 g/mol. The molecule has 12 heavy (non-hydrogen) atoms. The zero-order valence-corrected chi connectivity index (χ0v) is 8.45. The third-order valence-corrected chi connectivity index (χ3v) is 2.12. The smallest absolute Gasteiger partial charge is 0.217 e. The quantitative estimate of drug-likeness (QED) is 0.551. The Morgan fingerprint density at radius 1 is 1.42 bits per heavy atom. The number of thioether (sulfide) groups is 1. The summed E-state index contributed by atoms with van der Waals surface area (Å²) >= 11 is 1.83. The van der Waals surface area contributed by atoms with E-state index in [1.807, 2.05) is 11.8 Å². The molecule has 1 amide bonds. The third-order valence-electron chi connectivity index (χ3n) is 1.51. The van der Waals surface area contributed by atoms with Gasteiger partial charge in [0, 0.05) is 18.7 Å². The first kappa shape index (κ1) is 11.8. The maximum absolute atomic E-state index is 10.3. The van der Waals surface area contributed by atoms with Crippen LogP contribution in [0.25, 0.3) is 0 Å². The average Bonchev–Trinajstić information content (AvgIpc) is 2.02. The molecule has 0 aliphatic carbocycles. The molecule has 0 heterocycles. The van der Waals surface area contributed by atoms with Crippen LogP contribution >= 0.6 is 11.8 Å². The first-order valence-electron chi connectivity index (χ1n) is 4.25. The maximum atomic E-state index is 10.3. The first-order valence-corrected chi connectivity index (χ1v) is 5.64. The van der Waals surface area contributed by atoms with Crippen molar-refractivity contribution in [3.05, 3.63) is 0 Å². The minimum atomic E-state index is -0.195. The van der Waals surface area contributed by atoms with Crippen LogP contribution in [0, 0.1) is 0 Å². The predicted molar refractivity (Wildman–Crippen MR) is 54.3 cm³/mol. The lowest BCUT2D eigenvalue weighted by molar-refractivity contribution is -0.118. The van der Waals surface area contributed by atoms with Crippen molar-refractivity contribution in [1.82, 2.24) is 5.32 Å². The van der Waals surface area contributed by atoms with E-state index in [1.165, 1.54) is 0 Å². The van der Waals surface area contributed by atoms with Crippen LogP contribution in [0.3, 0.4) is 0 Å². The number of hydrogen-bond donors (Lipinski definition) is 2. The topological polar surface area (TPSA) is 55.1 Å². The van der Waals surface area contributed by atoms with Crippen molar-refractivity contribution < 1.29 is 4.79 Å². The normalized spacial score (nSPS) is 10.1. The monoisotopic (exact) mass is 190 g/mol. The third kappa shape index (κ3) is 9.78. The minimum Gasteiger partial charge on any atom is -0.370 e. The van der Waals surface area contributed by atoms with Crippen LogP contribution < -0.4 is 11.1 Å². The fourth-order valence-electron chi connectivity index (χ4n) is 0.848. The van der Waals surface area contributed by atoms with E-state index in [1.54, 1.807) is 0 Å². The van der Waals surface area contributed by atoms with E-state index in [2.05, 4.69) is 11.6 Å². The number of amides is 1. The average molecular weight is 190 g/mol. The van der Waals surface area contributed by atoms with E-state index in [0.717, 1.165) is 31.7 Å². The molecule has 0 radical (unpaired) electrons. The number of nitrogens with two attached hydrogens (primary N) is 1. The van der Waals surface area contributed by atoms with Crippen LogP contribution in [-0.2, 0) is 4.79 Å². The number of nitrogens with one attached hydrogen (secondary N) is 1. The zero-order chi connectivity index (χ0) is 9.23. The maximum Gasteiger partial charge on any atom is 0.217 e. The highest BCUT2D eigenvalue weighted by molar-refractivity contribution is 7.98. The molecule has 0 saturated carbocycles. The summed E-state index contributed by atoms with van der Waals surface area (Å²) in [6, 6.07) is 0. The molecule has 0 unspecified atom stereocenters.